The molecule has 1 N–H and O–H groups in total. The van der Waals surface area contributed by atoms with Crippen molar-refractivity contribution in [2.24, 2.45) is 11.8 Å². The average molecular weight is 412 g/mol. The van der Waals surface area contributed by atoms with Gasteiger partial charge in [0.05, 0.1) is 29.8 Å². The van der Waals surface area contributed by atoms with E-state index in [1.807, 2.05) is 30.5 Å². The summed E-state index contributed by atoms with van der Waals surface area (Å²) < 4.78 is 2.11. The lowest BCUT2D eigenvalue weighted by molar-refractivity contribution is -0.111. The summed E-state index contributed by atoms with van der Waals surface area (Å²) >= 11 is 0. The Morgan fingerprint density at radius 2 is 2.00 bits per heavy atom. The molecule has 3 atom stereocenters. The minimum absolute atomic E-state index is 0.0521. The molecule has 6 nitrogen and oxygen atoms in total. The lowest BCUT2D eigenvalue weighted by Crippen LogP contribution is -2.50. The first-order valence-electron chi connectivity index (χ1n) is 10.8. The molecule has 2 aromatic rings. The smallest absolute Gasteiger partial charge is 0.137 e. The van der Waals surface area contributed by atoms with Gasteiger partial charge >= 0.3 is 0 Å². The summed E-state index contributed by atoms with van der Waals surface area (Å²) in [4.78, 5) is 18.6. The van der Waals surface area contributed by atoms with Crippen LogP contribution in [0.1, 0.15) is 17.7 Å². The van der Waals surface area contributed by atoms with Crippen molar-refractivity contribution >= 4 is 23.1 Å². The van der Waals surface area contributed by atoms with Crippen LogP contribution in [0.4, 0.5) is 0 Å². The monoisotopic (exact) mass is 411 g/mol. The van der Waals surface area contributed by atoms with Gasteiger partial charge in [-0.05, 0) is 35.3 Å². The number of pyridine rings is 1. The molecule has 5 rings (SSSR count). The van der Waals surface area contributed by atoms with E-state index in [1.54, 1.807) is 0 Å². The normalized spacial score (nSPS) is 26.4. The average Bonchev–Trinajstić information content (AvgIpc) is 3.27. The summed E-state index contributed by atoms with van der Waals surface area (Å²) in [6, 6.07) is 6.51. The Balaban J connectivity index is 1.49. The van der Waals surface area contributed by atoms with Gasteiger partial charge in [0, 0.05) is 38.4 Å². The summed E-state index contributed by atoms with van der Waals surface area (Å²) in [7, 11) is 0. The van der Waals surface area contributed by atoms with Gasteiger partial charge in [-0.2, -0.15) is 5.26 Å². The summed E-state index contributed by atoms with van der Waals surface area (Å²) in [5, 5.41) is 12.5. The predicted molar refractivity (Wildman–Crippen MR) is 121 cm³/mol. The fraction of sp³-hybridized carbons (Fsp3) is 0.320. The maximum absolute atomic E-state index is 11.7. The second kappa shape index (κ2) is 8.46. The van der Waals surface area contributed by atoms with Crippen molar-refractivity contribution in [3.8, 4) is 6.07 Å². The van der Waals surface area contributed by atoms with Gasteiger partial charge in [-0.25, -0.2) is 4.98 Å². The van der Waals surface area contributed by atoms with E-state index in [9.17, 15) is 4.79 Å². The molecule has 0 radical (unpaired) electrons. The highest BCUT2D eigenvalue weighted by Gasteiger charge is 2.28. The van der Waals surface area contributed by atoms with Gasteiger partial charge in [0.1, 0.15) is 11.9 Å². The van der Waals surface area contributed by atoms with Crippen LogP contribution in [-0.2, 0) is 4.79 Å². The molecule has 156 valence electrons. The van der Waals surface area contributed by atoms with E-state index >= 15 is 0 Å². The number of hydrogen-bond acceptors (Lipinski definition) is 5. The Morgan fingerprint density at radius 3 is 2.74 bits per heavy atom. The molecule has 1 saturated heterocycles. The molecule has 0 bridgehead atoms. The standard InChI is InChI=1S/C25H25N5O/c26-14-18-1-3-19(4-2-18)24-15-28-25-8-7-21(16-30(24)25)20-5-6-22(17-31)23(13-20)29-11-9-27-10-12-29/h1,3-8,13,15-18,22-23,27H,2,9-12H2. The third-order valence-corrected chi connectivity index (χ3v) is 6.37. The SMILES string of the molecule is N#CC1C=CC(c2cnc3ccc(C4=CC(N5CCNCC5)C(C=O)C=C4)cn23)=CC1. The van der Waals surface area contributed by atoms with Crippen LogP contribution in [0.3, 0.4) is 0 Å². The van der Waals surface area contributed by atoms with Crippen LogP contribution in [0.5, 0.6) is 0 Å². The van der Waals surface area contributed by atoms with Gasteiger partial charge in [0.25, 0.3) is 0 Å². The van der Waals surface area contributed by atoms with E-state index in [0.717, 1.165) is 66.9 Å². The van der Waals surface area contributed by atoms with Crippen molar-refractivity contribution in [3.05, 3.63) is 72.2 Å². The maximum Gasteiger partial charge on any atom is 0.137 e. The quantitative estimate of drug-likeness (QED) is 0.784. The molecule has 3 heterocycles. The number of piperazine rings is 1. The van der Waals surface area contributed by atoms with Crippen LogP contribution in [0.25, 0.3) is 16.8 Å². The van der Waals surface area contributed by atoms with Crippen molar-refractivity contribution in [2.75, 3.05) is 26.2 Å². The fourth-order valence-electron chi connectivity index (χ4n) is 4.60. The van der Waals surface area contributed by atoms with Crippen molar-refractivity contribution in [1.29, 1.82) is 5.26 Å². The zero-order valence-electron chi connectivity index (χ0n) is 17.3. The fourth-order valence-corrected chi connectivity index (χ4v) is 4.60. The molecule has 3 aliphatic rings. The molecule has 2 aliphatic carbocycles. The van der Waals surface area contributed by atoms with Crippen molar-refractivity contribution in [3.63, 3.8) is 0 Å². The van der Waals surface area contributed by atoms with Gasteiger partial charge < -0.3 is 10.1 Å². The topological polar surface area (TPSA) is 73.4 Å². The minimum Gasteiger partial charge on any atom is -0.314 e. The molecular weight excluding hydrogens is 386 g/mol. The minimum atomic E-state index is -0.111. The second-order valence-corrected chi connectivity index (χ2v) is 8.25. The number of fused-ring (bicyclic) bond motifs is 1. The van der Waals surface area contributed by atoms with Crippen molar-refractivity contribution in [1.82, 2.24) is 19.6 Å². The van der Waals surface area contributed by atoms with Crippen LogP contribution in [-0.4, -0.2) is 52.8 Å². The van der Waals surface area contributed by atoms with Crippen LogP contribution in [0.15, 0.2) is 61.0 Å². The zero-order valence-corrected chi connectivity index (χ0v) is 17.3. The molecule has 0 amide bonds. The van der Waals surface area contributed by atoms with E-state index in [-0.39, 0.29) is 17.9 Å². The molecule has 1 fully saturated rings. The van der Waals surface area contributed by atoms with Crippen LogP contribution >= 0.6 is 0 Å². The molecule has 1 aliphatic heterocycles. The molecule has 0 aromatic carbocycles. The number of aldehydes is 1. The summed E-state index contributed by atoms with van der Waals surface area (Å²) in [5.41, 5.74) is 5.22. The number of nitrogens with one attached hydrogen (secondary N) is 1. The number of imidazole rings is 1. The van der Waals surface area contributed by atoms with Crippen LogP contribution in [0, 0.1) is 23.2 Å². The number of carbonyl (C=O) groups excluding carboxylic acids is 1. The van der Waals surface area contributed by atoms with E-state index in [2.05, 4.69) is 56.2 Å². The first-order valence-corrected chi connectivity index (χ1v) is 10.8. The van der Waals surface area contributed by atoms with E-state index in [4.69, 9.17) is 5.26 Å². The number of allylic oxidation sites excluding steroid dienone is 6. The van der Waals surface area contributed by atoms with E-state index in [0.29, 0.717) is 0 Å². The third-order valence-electron chi connectivity index (χ3n) is 6.37. The summed E-state index contributed by atoms with van der Waals surface area (Å²) in [6.07, 6.45) is 18.2. The number of rotatable bonds is 4. The van der Waals surface area contributed by atoms with E-state index in [1.165, 1.54) is 0 Å². The number of carbonyl (C=O) groups is 1. The molecule has 6 heteroatoms. The maximum atomic E-state index is 11.7. The third kappa shape index (κ3) is 3.78. The first kappa shape index (κ1) is 19.7. The van der Waals surface area contributed by atoms with E-state index < -0.39 is 0 Å². The Labute approximate surface area is 181 Å². The second-order valence-electron chi connectivity index (χ2n) is 8.25. The van der Waals surface area contributed by atoms with Crippen LogP contribution < -0.4 is 5.32 Å². The van der Waals surface area contributed by atoms with Gasteiger partial charge in [-0.15, -0.1) is 0 Å². The highest BCUT2D eigenvalue weighted by Crippen LogP contribution is 2.29. The Morgan fingerprint density at radius 1 is 1.16 bits per heavy atom. The molecule has 2 aromatic heterocycles. The summed E-state index contributed by atoms with van der Waals surface area (Å²) in [6.45, 7) is 3.80. The van der Waals surface area contributed by atoms with Crippen molar-refractivity contribution < 1.29 is 4.79 Å². The number of nitrogens with zero attached hydrogens (tertiary/aromatic N) is 4. The molecular formula is C25H25N5O. The largest absolute Gasteiger partial charge is 0.314 e. The molecule has 3 unspecified atom stereocenters. The van der Waals surface area contributed by atoms with Crippen LogP contribution in [0.2, 0.25) is 0 Å². The first-order chi connectivity index (χ1) is 15.3. The van der Waals surface area contributed by atoms with Gasteiger partial charge in [0.2, 0.25) is 0 Å². The Hall–Kier alpha value is -3.27. The number of aromatic nitrogens is 2. The number of hydrogen-bond donors (Lipinski definition) is 1. The molecule has 0 spiro atoms. The Kier molecular flexibility index (Phi) is 5.37. The van der Waals surface area contributed by atoms with Gasteiger partial charge in [-0.3, -0.25) is 9.30 Å². The predicted octanol–water partition coefficient (Wildman–Crippen LogP) is 2.86. The zero-order chi connectivity index (χ0) is 21.2. The number of nitriles is 1. The summed E-state index contributed by atoms with van der Waals surface area (Å²) in [5.74, 6) is -0.163. The highest BCUT2D eigenvalue weighted by atomic mass is 16.1. The Bertz CT molecular complexity index is 1160. The lowest BCUT2D eigenvalue weighted by Gasteiger charge is -2.37. The van der Waals surface area contributed by atoms with Crippen molar-refractivity contribution in [2.45, 2.75) is 12.5 Å². The van der Waals surface area contributed by atoms with Gasteiger partial charge in [0.15, 0.2) is 0 Å². The lowest BCUT2D eigenvalue weighted by atomic mass is 9.89. The molecule has 31 heavy (non-hydrogen) atoms. The highest BCUT2D eigenvalue weighted by molar-refractivity contribution is 5.80. The van der Waals surface area contributed by atoms with Gasteiger partial charge in [-0.1, -0.05) is 36.5 Å². The molecule has 0 saturated carbocycles.